The van der Waals surface area contributed by atoms with E-state index in [4.69, 9.17) is 4.74 Å². The van der Waals surface area contributed by atoms with E-state index in [1.54, 1.807) is 29.7 Å². The third-order valence-corrected chi connectivity index (χ3v) is 6.51. The summed E-state index contributed by atoms with van der Waals surface area (Å²) in [5.41, 5.74) is 3.39. The zero-order valence-electron chi connectivity index (χ0n) is 16.9. The summed E-state index contributed by atoms with van der Waals surface area (Å²) in [7, 11) is 0. The van der Waals surface area contributed by atoms with Gasteiger partial charge in [0.05, 0.1) is 11.3 Å². The molecule has 1 aliphatic rings. The first-order valence-electron chi connectivity index (χ1n) is 10.2. The molecule has 2 aromatic heterocycles. The van der Waals surface area contributed by atoms with Crippen LogP contribution in [0.5, 0.6) is 11.5 Å². The lowest BCUT2D eigenvalue weighted by atomic mass is 10.1. The second kappa shape index (κ2) is 7.59. The monoisotopic (exact) mass is 435 g/mol. The zero-order valence-corrected chi connectivity index (χ0v) is 17.7. The number of nitrogens with one attached hydrogen (secondary N) is 1. The Morgan fingerprint density at radius 1 is 0.906 bits per heavy atom. The lowest BCUT2D eigenvalue weighted by Crippen LogP contribution is -2.10. The van der Waals surface area contributed by atoms with E-state index in [9.17, 15) is 4.79 Å². The summed E-state index contributed by atoms with van der Waals surface area (Å²) >= 11 is 1.68. The Balaban J connectivity index is 1.26. The SMILES string of the molecule is O=C1Nc2cc(Cc3cnc(-c4ccc5cnccc5c4)s3)ccc2Oc2ccccc21. The predicted octanol–water partition coefficient (Wildman–Crippen LogP) is 6.31. The van der Waals surface area contributed by atoms with Crippen molar-refractivity contribution >= 4 is 33.7 Å². The first kappa shape index (κ1) is 18.7. The molecule has 3 aromatic carbocycles. The van der Waals surface area contributed by atoms with Crippen molar-refractivity contribution < 1.29 is 9.53 Å². The molecule has 5 nitrogen and oxygen atoms in total. The van der Waals surface area contributed by atoms with Gasteiger partial charge in [0.1, 0.15) is 10.8 Å². The number of para-hydroxylation sites is 1. The summed E-state index contributed by atoms with van der Waals surface area (Å²) in [6, 6.07) is 21.5. The molecule has 0 saturated carbocycles. The summed E-state index contributed by atoms with van der Waals surface area (Å²) < 4.78 is 5.98. The smallest absolute Gasteiger partial charge is 0.259 e. The van der Waals surface area contributed by atoms with E-state index in [0.717, 1.165) is 38.2 Å². The van der Waals surface area contributed by atoms with Gasteiger partial charge in [0.25, 0.3) is 5.91 Å². The number of hydrogen-bond acceptors (Lipinski definition) is 5. The lowest BCUT2D eigenvalue weighted by Gasteiger charge is -2.09. The van der Waals surface area contributed by atoms with Gasteiger partial charge in [-0.15, -0.1) is 11.3 Å². The minimum Gasteiger partial charge on any atom is -0.454 e. The maximum absolute atomic E-state index is 12.6. The molecular formula is C26H17N3O2S. The molecule has 32 heavy (non-hydrogen) atoms. The van der Waals surface area contributed by atoms with Gasteiger partial charge in [0.15, 0.2) is 5.75 Å². The van der Waals surface area contributed by atoms with Gasteiger partial charge in [0, 0.05) is 40.8 Å². The van der Waals surface area contributed by atoms with Gasteiger partial charge in [0.2, 0.25) is 0 Å². The van der Waals surface area contributed by atoms with Gasteiger partial charge in [-0.25, -0.2) is 4.98 Å². The standard InChI is InChI=1S/C26H17N3O2S/c30-25-21-3-1-2-4-23(21)31-24-8-5-16(12-22(24)29-25)11-20-15-28-26(32-20)18-6-7-19-14-27-10-9-17(19)13-18/h1-10,12-15H,11H2,(H,29,30). The highest BCUT2D eigenvalue weighted by Crippen LogP contribution is 2.37. The van der Waals surface area contributed by atoms with Gasteiger partial charge in [-0.2, -0.15) is 0 Å². The fraction of sp³-hybridized carbons (Fsp3) is 0.0385. The number of fused-ring (bicyclic) bond motifs is 3. The third-order valence-electron chi connectivity index (χ3n) is 5.46. The summed E-state index contributed by atoms with van der Waals surface area (Å²) in [5, 5.41) is 6.22. The molecule has 1 aliphatic heterocycles. The summed E-state index contributed by atoms with van der Waals surface area (Å²) in [6.45, 7) is 0. The van der Waals surface area contributed by atoms with E-state index >= 15 is 0 Å². The van der Waals surface area contributed by atoms with Crippen LogP contribution in [0.25, 0.3) is 21.3 Å². The summed E-state index contributed by atoms with van der Waals surface area (Å²) in [5.74, 6) is 1.04. The molecule has 5 aromatic rings. The molecule has 0 fully saturated rings. The van der Waals surface area contributed by atoms with Gasteiger partial charge in [-0.05, 0) is 47.3 Å². The minimum absolute atomic E-state index is 0.164. The molecule has 0 aliphatic carbocycles. The van der Waals surface area contributed by atoms with Crippen molar-refractivity contribution in [3.05, 3.63) is 101 Å². The second-order valence-electron chi connectivity index (χ2n) is 7.63. The number of hydrogen-bond donors (Lipinski definition) is 1. The molecule has 3 heterocycles. The Hall–Kier alpha value is -4.03. The van der Waals surface area contributed by atoms with Gasteiger partial charge in [-0.1, -0.05) is 30.3 Å². The number of pyridine rings is 1. The minimum atomic E-state index is -0.164. The molecule has 0 bridgehead atoms. The van der Waals surface area contributed by atoms with Crippen LogP contribution < -0.4 is 10.1 Å². The van der Waals surface area contributed by atoms with Crippen molar-refractivity contribution in [1.29, 1.82) is 0 Å². The predicted molar refractivity (Wildman–Crippen MR) is 127 cm³/mol. The topological polar surface area (TPSA) is 64.1 Å². The maximum Gasteiger partial charge on any atom is 0.259 e. The molecule has 6 rings (SSSR count). The number of amides is 1. The Labute approximate surface area is 188 Å². The van der Waals surface area contributed by atoms with Crippen molar-refractivity contribution in [2.75, 3.05) is 5.32 Å². The number of rotatable bonds is 3. The average Bonchev–Trinajstić information content (AvgIpc) is 3.23. The summed E-state index contributed by atoms with van der Waals surface area (Å²) in [4.78, 5) is 22.6. The van der Waals surface area contributed by atoms with Crippen molar-refractivity contribution in [3.8, 4) is 22.1 Å². The number of benzene rings is 3. The normalized spacial score (nSPS) is 12.4. The van der Waals surface area contributed by atoms with Crippen LogP contribution in [0, 0.1) is 0 Å². The Morgan fingerprint density at radius 2 is 1.84 bits per heavy atom. The van der Waals surface area contributed by atoms with E-state index in [-0.39, 0.29) is 5.91 Å². The highest BCUT2D eigenvalue weighted by molar-refractivity contribution is 7.15. The maximum atomic E-state index is 12.6. The molecular weight excluding hydrogens is 418 g/mol. The number of ether oxygens (including phenoxy) is 1. The van der Waals surface area contributed by atoms with Crippen LogP contribution in [-0.4, -0.2) is 15.9 Å². The molecule has 1 amide bonds. The van der Waals surface area contributed by atoms with Crippen LogP contribution >= 0.6 is 11.3 Å². The molecule has 6 heteroatoms. The van der Waals surface area contributed by atoms with Crippen molar-refractivity contribution in [2.45, 2.75) is 6.42 Å². The molecule has 0 unspecified atom stereocenters. The van der Waals surface area contributed by atoms with Crippen LogP contribution in [-0.2, 0) is 6.42 Å². The van der Waals surface area contributed by atoms with E-state index in [2.05, 4.69) is 33.5 Å². The quantitative estimate of drug-likeness (QED) is 0.361. The van der Waals surface area contributed by atoms with Crippen LogP contribution in [0.2, 0.25) is 0 Å². The molecule has 0 saturated heterocycles. The molecule has 0 radical (unpaired) electrons. The first-order valence-corrected chi connectivity index (χ1v) is 11.0. The Kier molecular flexibility index (Phi) is 4.44. The number of aromatic nitrogens is 2. The van der Waals surface area contributed by atoms with Crippen LogP contribution in [0.15, 0.2) is 85.3 Å². The molecule has 0 spiro atoms. The molecule has 1 N–H and O–H groups in total. The van der Waals surface area contributed by atoms with Crippen LogP contribution in [0.4, 0.5) is 5.69 Å². The van der Waals surface area contributed by atoms with Crippen molar-refractivity contribution in [1.82, 2.24) is 9.97 Å². The van der Waals surface area contributed by atoms with E-state index in [1.807, 2.05) is 48.8 Å². The first-order chi connectivity index (χ1) is 15.7. The molecule has 154 valence electrons. The number of nitrogens with zero attached hydrogens (tertiary/aromatic N) is 2. The van der Waals surface area contributed by atoms with Crippen LogP contribution in [0.3, 0.4) is 0 Å². The second-order valence-corrected chi connectivity index (χ2v) is 8.74. The Bertz CT molecular complexity index is 1490. The van der Waals surface area contributed by atoms with Gasteiger partial charge in [-0.3, -0.25) is 9.78 Å². The lowest BCUT2D eigenvalue weighted by molar-refractivity contribution is 0.102. The number of anilines is 1. The van der Waals surface area contributed by atoms with E-state index in [0.29, 0.717) is 22.7 Å². The highest BCUT2D eigenvalue weighted by atomic mass is 32.1. The average molecular weight is 436 g/mol. The zero-order chi connectivity index (χ0) is 21.5. The van der Waals surface area contributed by atoms with Crippen molar-refractivity contribution in [2.24, 2.45) is 0 Å². The van der Waals surface area contributed by atoms with E-state index in [1.165, 1.54) is 0 Å². The Morgan fingerprint density at radius 3 is 2.81 bits per heavy atom. The van der Waals surface area contributed by atoms with E-state index < -0.39 is 0 Å². The van der Waals surface area contributed by atoms with Gasteiger partial charge < -0.3 is 10.1 Å². The van der Waals surface area contributed by atoms with Crippen LogP contribution in [0.1, 0.15) is 20.8 Å². The molecule has 0 atom stereocenters. The third kappa shape index (κ3) is 3.40. The largest absolute Gasteiger partial charge is 0.454 e. The number of carbonyl (C=O) groups is 1. The van der Waals surface area contributed by atoms with Crippen molar-refractivity contribution in [3.63, 3.8) is 0 Å². The summed E-state index contributed by atoms with van der Waals surface area (Å²) in [6.07, 6.45) is 6.32. The number of carbonyl (C=O) groups excluding carboxylic acids is 1. The fourth-order valence-corrected chi connectivity index (χ4v) is 4.81. The highest BCUT2D eigenvalue weighted by Gasteiger charge is 2.20. The fourth-order valence-electron chi connectivity index (χ4n) is 3.87. The van der Waals surface area contributed by atoms with Gasteiger partial charge >= 0.3 is 0 Å². The number of thiazole rings is 1.